The summed E-state index contributed by atoms with van der Waals surface area (Å²) in [5.41, 5.74) is 2.67. The second-order valence-corrected chi connectivity index (χ2v) is 6.51. The van der Waals surface area contributed by atoms with Crippen LogP contribution in [0.1, 0.15) is 27.7 Å². The lowest BCUT2D eigenvalue weighted by Gasteiger charge is -2.37. The Bertz CT molecular complexity index is 1000. The number of hydrogen-bond acceptors (Lipinski definition) is 5. The second kappa shape index (κ2) is 7.51. The number of nitrogens with zero attached hydrogens (tertiary/aromatic N) is 3. The number of hydrogen-bond donors (Lipinski definition) is 2. The van der Waals surface area contributed by atoms with Crippen molar-refractivity contribution in [3.63, 3.8) is 0 Å². The number of H-pyrrole nitrogens is 1. The van der Waals surface area contributed by atoms with E-state index in [1.54, 1.807) is 4.90 Å². The molecule has 1 saturated heterocycles. The van der Waals surface area contributed by atoms with Crippen LogP contribution in [0, 0.1) is 0 Å². The van der Waals surface area contributed by atoms with Crippen LogP contribution in [-0.4, -0.2) is 45.0 Å². The molecule has 1 aromatic carbocycles. The molecule has 3 aromatic rings. The lowest BCUT2D eigenvalue weighted by atomic mass is 9.95. The van der Waals surface area contributed by atoms with Crippen LogP contribution in [0.5, 0.6) is 0 Å². The maximum absolute atomic E-state index is 12.6. The van der Waals surface area contributed by atoms with Crippen molar-refractivity contribution in [2.45, 2.75) is 12.5 Å². The largest absolute Gasteiger partial charge is 0.448 e. The Labute approximate surface area is 161 Å². The van der Waals surface area contributed by atoms with Gasteiger partial charge in [-0.25, -0.2) is 4.98 Å². The first-order chi connectivity index (χ1) is 13.7. The number of oxazole rings is 1. The van der Waals surface area contributed by atoms with Crippen LogP contribution >= 0.6 is 0 Å². The van der Waals surface area contributed by atoms with Gasteiger partial charge in [0.2, 0.25) is 5.91 Å². The van der Waals surface area contributed by atoms with E-state index in [2.05, 4.69) is 27.1 Å². The fourth-order valence-electron chi connectivity index (χ4n) is 3.24. The zero-order valence-electron chi connectivity index (χ0n) is 15.1. The Hall–Kier alpha value is -3.68. The van der Waals surface area contributed by atoms with Gasteiger partial charge in [0.25, 0.3) is 5.91 Å². The van der Waals surface area contributed by atoms with Crippen LogP contribution < -0.4 is 5.32 Å². The number of benzene rings is 1. The molecule has 0 unspecified atom stereocenters. The summed E-state index contributed by atoms with van der Waals surface area (Å²) in [7, 11) is 0. The van der Waals surface area contributed by atoms with Gasteiger partial charge in [-0.05, 0) is 6.08 Å². The summed E-state index contributed by atoms with van der Waals surface area (Å²) >= 11 is 0. The zero-order valence-corrected chi connectivity index (χ0v) is 15.1. The number of amides is 2. The van der Waals surface area contributed by atoms with Crippen LogP contribution in [0.3, 0.4) is 0 Å². The molecule has 2 amide bonds. The van der Waals surface area contributed by atoms with Gasteiger partial charge in [0.1, 0.15) is 11.5 Å². The maximum atomic E-state index is 12.6. The second-order valence-electron chi connectivity index (χ2n) is 6.51. The van der Waals surface area contributed by atoms with Gasteiger partial charge in [0, 0.05) is 18.7 Å². The summed E-state index contributed by atoms with van der Waals surface area (Å²) in [5, 5.41) is 9.74. The van der Waals surface area contributed by atoms with E-state index in [0.717, 1.165) is 5.56 Å². The number of aromatic nitrogens is 3. The molecule has 1 aliphatic heterocycles. The predicted molar refractivity (Wildman–Crippen MR) is 101 cm³/mol. The number of nitrogens with one attached hydrogen (secondary N) is 2. The van der Waals surface area contributed by atoms with E-state index in [4.69, 9.17) is 4.42 Å². The van der Waals surface area contributed by atoms with Gasteiger partial charge in [-0.1, -0.05) is 36.9 Å². The van der Waals surface area contributed by atoms with Crippen LogP contribution in [0.15, 0.2) is 60.0 Å². The van der Waals surface area contributed by atoms with Gasteiger partial charge in [-0.2, -0.15) is 5.10 Å². The minimum absolute atomic E-state index is 0.0760. The summed E-state index contributed by atoms with van der Waals surface area (Å²) in [6.07, 6.45) is 4.17. The third-order valence-electron chi connectivity index (χ3n) is 4.77. The minimum Gasteiger partial charge on any atom is -0.448 e. The van der Waals surface area contributed by atoms with E-state index in [-0.39, 0.29) is 24.3 Å². The third kappa shape index (κ3) is 3.32. The maximum Gasteiger partial charge on any atom is 0.255 e. The van der Waals surface area contributed by atoms with Crippen molar-refractivity contribution in [3.8, 4) is 11.3 Å². The van der Waals surface area contributed by atoms with E-state index in [1.165, 1.54) is 18.7 Å². The van der Waals surface area contributed by atoms with Gasteiger partial charge in [-0.15, -0.1) is 0 Å². The van der Waals surface area contributed by atoms with Gasteiger partial charge in [0.05, 0.1) is 29.9 Å². The van der Waals surface area contributed by atoms with Crippen molar-refractivity contribution >= 4 is 11.8 Å². The van der Waals surface area contributed by atoms with Gasteiger partial charge in [-0.3, -0.25) is 14.7 Å². The van der Waals surface area contributed by atoms with Crippen LogP contribution in [0.4, 0.5) is 0 Å². The first-order valence-electron chi connectivity index (χ1n) is 8.88. The number of carbonyl (C=O) groups excluding carboxylic acids is 2. The van der Waals surface area contributed by atoms with E-state index >= 15 is 0 Å². The predicted octanol–water partition coefficient (Wildman–Crippen LogP) is 2.11. The lowest BCUT2D eigenvalue weighted by Crippen LogP contribution is -2.48. The van der Waals surface area contributed by atoms with Gasteiger partial charge in [0.15, 0.2) is 6.39 Å². The monoisotopic (exact) mass is 377 g/mol. The first kappa shape index (κ1) is 17.7. The Morgan fingerprint density at radius 1 is 1.32 bits per heavy atom. The number of carbonyl (C=O) groups is 2. The first-order valence-corrected chi connectivity index (χ1v) is 8.88. The Balaban J connectivity index is 1.41. The van der Waals surface area contributed by atoms with Crippen molar-refractivity contribution in [3.05, 3.63) is 72.6 Å². The van der Waals surface area contributed by atoms with Crippen molar-refractivity contribution < 1.29 is 14.0 Å². The fraction of sp³-hybridized carbons (Fsp3) is 0.200. The highest BCUT2D eigenvalue weighted by atomic mass is 16.3. The zero-order chi connectivity index (χ0) is 19.5. The van der Waals surface area contributed by atoms with Crippen molar-refractivity contribution in [2.24, 2.45) is 0 Å². The van der Waals surface area contributed by atoms with E-state index in [0.29, 0.717) is 35.8 Å². The molecule has 1 aliphatic rings. The standard InChI is InChI=1S/C20H19N5O3/c1-2-17(26)25-10-14(11-25)19-16(22-12-28-19)9-21-20(27)15-8-23-24-18(15)13-6-4-3-5-7-13/h2-8,12,14H,1,9-11H2,(H,21,27)(H,23,24). The average Bonchev–Trinajstić information content (AvgIpc) is 3.35. The molecule has 0 atom stereocenters. The normalized spacial score (nSPS) is 13.8. The number of likely N-dealkylation sites (tertiary alicyclic amines) is 1. The van der Waals surface area contributed by atoms with Gasteiger partial charge >= 0.3 is 0 Å². The molecule has 3 heterocycles. The lowest BCUT2D eigenvalue weighted by molar-refractivity contribution is -0.130. The molecule has 0 aliphatic carbocycles. The Morgan fingerprint density at radius 3 is 2.86 bits per heavy atom. The highest BCUT2D eigenvalue weighted by molar-refractivity contribution is 5.99. The van der Waals surface area contributed by atoms with Crippen LogP contribution in [0.2, 0.25) is 0 Å². The molecule has 28 heavy (non-hydrogen) atoms. The topological polar surface area (TPSA) is 104 Å². The van der Waals surface area contributed by atoms with E-state index in [1.807, 2.05) is 30.3 Å². The Kier molecular flexibility index (Phi) is 4.76. The van der Waals surface area contributed by atoms with E-state index in [9.17, 15) is 9.59 Å². The molecule has 1 fully saturated rings. The number of rotatable bonds is 6. The quantitative estimate of drug-likeness (QED) is 0.640. The summed E-state index contributed by atoms with van der Waals surface area (Å²) < 4.78 is 5.50. The summed E-state index contributed by atoms with van der Waals surface area (Å²) in [4.78, 5) is 30.1. The smallest absolute Gasteiger partial charge is 0.255 e. The molecule has 8 nitrogen and oxygen atoms in total. The van der Waals surface area contributed by atoms with Crippen molar-refractivity contribution in [1.82, 2.24) is 25.4 Å². The molecule has 4 rings (SSSR count). The third-order valence-corrected chi connectivity index (χ3v) is 4.77. The molecule has 2 N–H and O–H groups in total. The van der Waals surface area contributed by atoms with Crippen LogP contribution in [-0.2, 0) is 11.3 Å². The summed E-state index contributed by atoms with van der Waals surface area (Å²) in [5.74, 6) is 0.425. The molecular formula is C20H19N5O3. The minimum atomic E-state index is -0.251. The van der Waals surface area contributed by atoms with Crippen molar-refractivity contribution in [1.29, 1.82) is 0 Å². The van der Waals surface area contributed by atoms with E-state index < -0.39 is 0 Å². The molecule has 0 radical (unpaired) electrons. The number of aromatic amines is 1. The molecule has 0 bridgehead atoms. The fourth-order valence-corrected chi connectivity index (χ4v) is 3.24. The molecule has 142 valence electrons. The molecule has 0 spiro atoms. The molecule has 2 aromatic heterocycles. The highest BCUT2D eigenvalue weighted by Crippen LogP contribution is 2.29. The molecule has 0 saturated carbocycles. The van der Waals surface area contributed by atoms with Gasteiger partial charge < -0.3 is 14.6 Å². The highest BCUT2D eigenvalue weighted by Gasteiger charge is 2.34. The summed E-state index contributed by atoms with van der Waals surface area (Å²) in [6.45, 7) is 4.83. The van der Waals surface area contributed by atoms with Crippen molar-refractivity contribution in [2.75, 3.05) is 13.1 Å². The SMILES string of the molecule is C=CC(=O)N1CC(c2ocnc2CNC(=O)c2cn[nH]c2-c2ccccc2)C1. The summed E-state index contributed by atoms with van der Waals surface area (Å²) in [6, 6.07) is 9.53. The van der Waals surface area contributed by atoms with Crippen LogP contribution in [0.25, 0.3) is 11.3 Å². The molecular weight excluding hydrogens is 358 g/mol. The Morgan fingerprint density at radius 2 is 2.11 bits per heavy atom. The average molecular weight is 377 g/mol. The molecule has 8 heteroatoms.